The van der Waals surface area contributed by atoms with Crippen LogP contribution in [0.25, 0.3) is 50.3 Å². The molecule has 0 aliphatic rings. The summed E-state index contributed by atoms with van der Waals surface area (Å²) in [6.07, 6.45) is 4.23. The number of nitrogens with zero attached hydrogens (tertiary/aromatic N) is 3. The van der Waals surface area contributed by atoms with E-state index in [-0.39, 0.29) is 0 Å². The lowest BCUT2D eigenvalue weighted by Gasteiger charge is -2.10. The highest BCUT2D eigenvalue weighted by Crippen LogP contribution is 2.39. The molecule has 2 aromatic carbocycles. The number of imidazole rings is 1. The van der Waals surface area contributed by atoms with E-state index in [9.17, 15) is 0 Å². The van der Waals surface area contributed by atoms with Crippen LogP contribution >= 0.6 is 0 Å². The highest BCUT2D eigenvalue weighted by molar-refractivity contribution is 6.12. The molecule has 6 aromatic rings. The molecule has 158 valence electrons. The van der Waals surface area contributed by atoms with Gasteiger partial charge in [-0.1, -0.05) is 18.2 Å². The Morgan fingerprint density at radius 3 is 2.38 bits per heavy atom. The molecule has 0 N–H and O–H groups in total. The highest BCUT2D eigenvalue weighted by atomic mass is 16.4. The van der Waals surface area contributed by atoms with Gasteiger partial charge in [0.25, 0.3) is 5.82 Å². The second-order valence-corrected chi connectivity index (χ2v) is 8.67. The van der Waals surface area contributed by atoms with Gasteiger partial charge in [0.05, 0.1) is 23.4 Å². The Labute approximate surface area is 185 Å². The SMILES string of the molecule is Cc1ccc2c(n1)oc1c3cc(C)c(-c4n(-c5c(C)cccc5C)cc[n+]4C)cc3oc21. The molecular weight excluding hydrogens is 398 g/mol. The Balaban J connectivity index is 1.62. The highest BCUT2D eigenvalue weighted by Gasteiger charge is 2.25. The monoisotopic (exact) mass is 422 g/mol. The summed E-state index contributed by atoms with van der Waals surface area (Å²) >= 11 is 0. The van der Waals surface area contributed by atoms with Crippen molar-refractivity contribution in [3.63, 3.8) is 0 Å². The zero-order chi connectivity index (χ0) is 22.1. The van der Waals surface area contributed by atoms with E-state index in [2.05, 4.69) is 84.7 Å². The minimum absolute atomic E-state index is 0.623. The second-order valence-electron chi connectivity index (χ2n) is 8.67. The number of fused-ring (bicyclic) bond motifs is 5. The van der Waals surface area contributed by atoms with E-state index in [1.807, 2.05) is 19.1 Å². The molecule has 4 aromatic heterocycles. The molecule has 0 radical (unpaired) electrons. The Hall–Kier alpha value is -3.86. The molecular formula is C27H24N3O2+. The Morgan fingerprint density at radius 2 is 1.59 bits per heavy atom. The molecule has 0 amide bonds. The van der Waals surface area contributed by atoms with Crippen molar-refractivity contribution in [3.8, 4) is 17.1 Å². The van der Waals surface area contributed by atoms with Gasteiger partial charge >= 0.3 is 0 Å². The van der Waals surface area contributed by atoms with Gasteiger partial charge in [0.2, 0.25) is 5.71 Å². The summed E-state index contributed by atoms with van der Waals surface area (Å²) < 4.78 is 16.9. The fourth-order valence-electron chi connectivity index (χ4n) is 4.79. The van der Waals surface area contributed by atoms with Crippen LogP contribution < -0.4 is 4.57 Å². The van der Waals surface area contributed by atoms with E-state index in [0.29, 0.717) is 5.71 Å². The zero-order valence-corrected chi connectivity index (χ0v) is 18.9. The fraction of sp³-hybridized carbons (Fsp3) is 0.185. The Kier molecular flexibility index (Phi) is 3.87. The molecule has 0 fully saturated rings. The molecule has 4 heterocycles. The molecule has 0 bridgehead atoms. The molecule has 0 saturated heterocycles. The van der Waals surface area contributed by atoms with Gasteiger partial charge in [-0.05, 0) is 68.7 Å². The Morgan fingerprint density at radius 1 is 0.844 bits per heavy atom. The van der Waals surface area contributed by atoms with Gasteiger partial charge in [0, 0.05) is 5.69 Å². The van der Waals surface area contributed by atoms with Crippen molar-refractivity contribution < 1.29 is 13.4 Å². The van der Waals surface area contributed by atoms with Gasteiger partial charge in [-0.25, -0.2) is 9.55 Å². The van der Waals surface area contributed by atoms with E-state index in [1.165, 1.54) is 16.8 Å². The first kappa shape index (κ1) is 18.9. The number of benzene rings is 2. The van der Waals surface area contributed by atoms with Gasteiger partial charge in [0.15, 0.2) is 11.2 Å². The first-order chi connectivity index (χ1) is 15.4. The predicted molar refractivity (Wildman–Crippen MR) is 126 cm³/mol. The van der Waals surface area contributed by atoms with Crippen LogP contribution in [-0.4, -0.2) is 9.55 Å². The summed E-state index contributed by atoms with van der Waals surface area (Å²) in [5.74, 6) is 1.11. The quantitative estimate of drug-likeness (QED) is 0.310. The van der Waals surface area contributed by atoms with Crippen LogP contribution in [0.4, 0.5) is 0 Å². The molecule has 5 nitrogen and oxygen atoms in total. The molecule has 0 atom stereocenters. The molecule has 6 rings (SSSR count). The molecule has 0 unspecified atom stereocenters. The maximum absolute atomic E-state index is 6.32. The van der Waals surface area contributed by atoms with Gasteiger partial charge in [-0.3, -0.25) is 0 Å². The van der Waals surface area contributed by atoms with Crippen LogP contribution in [0, 0.1) is 27.7 Å². The minimum Gasteiger partial charge on any atom is -0.452 e. The van der Waals surface area contributed by atoms with Crippen LogP contribution in [0.1, 0.15) is 22.4 Å². The third-order valence-corrected chi connectivity index (χ3v) is 6.36. The summed E-state index contributed by atoms with van der Waals surface area (Å²) in [6.45, 7) is 8.41. The van der Waals surface area contributed by atoms with E-state index in [1.54, 1.807) is 0 Å². The number of hydrogen-bond acceptors (Lipinski definition) is 3. The third-order valence-electron chi connectivity index (χ3n) is 6.36. The molecule has 32 heavy (non-hydrogen) atoms. The third kappa shape index (κ3) is 2.57. The van der Waals surface area contributed by atoms with E-state index >= 15 is 0 Å². The summed E-state index contributed by atoms with van der Waals surface area (Å²) in [6, 6.07) is 14.7. The molecule has 0 aliphatic heterocycles. The van der Waals surface area contributed by atoms with Crippen LogP contribution in [0.2, 0.25) is 0 Å². The van der Waals surface area contributed by atoms with Crippen LogP contribution in [0.15, 0.2) is 63.7 Å². The van der Waals surface area contributed by atoms with Crippen molar-refractivity contribution in [3.05, 3.63) is 77.2 Å². The number of para-hydroxylation sites is 1. The van der Waals surface area contributed by atoms with Gasteiger partial charge in [0.1, 0.15) is 23.7 Å². The first-order valence-corrected chi connectivity index (χ1v) is 10.8. The maximum Gasteiger partial charge on any atom is 0.294 e. The van der Waals surface area contributed by atoms with Crippen LogP contribution in [0.3, 0.4) is 0 Å². The lowest BCUT2D eigenvalue weighted by atomic mass is 10.0. The van der Waals surface area contributed by atoms with E-state index in [4.69, 9.17) is 8.83 Å². The largest absolute Gasteiger partial charge is 0.452 e. The van der Waals surface area contributed by atoms with Gasteiger partial charge in [-0.2, -0.15) is 4.57 Å². The smallest absolute Gasteiger partial charge is 0.294 e. The molecule has 5 heteroatoms. The van der Waals surface area contributed by atoms with Gasteiger partial charge < -0.3 is 8.83 Å². The topological polar surface area (TPSA) is 48.0 Å². The van der Waals surface area contributed by atoms with E-state index < -0.39 is 0 Å². The average molecular weight is 423 g/mol. The number of hydrogen-bond donors (Lipinski definition) is 0. The normalized spacial score (nSPS) is 11.9. The van der Waals surface area contributed by atoms with Crippen LogP contribution in [-0.2, 0) is 7.05 Å². The Bertz CT molecular complexity index is 1660. The second kappa shape index (κ2) is 6.57. The van der Waals surface area contributed by atoms with Crippen molar-refractivity contribution in [2.24, 2.45) is 7.05 Å². The van der Waals surface area contributed by atoms with Crippen molar-refractivity contribution in [2.45, 2.75) is 27.7 Å². The maximum atomic E-state index is 6.32. The molecule has 0 spiro atoms. The van der Waals surface area contributed by atoms with Crippen LogP contribution in [0.5, 0.6) is 0 Å². The lowest BCUT2D eigenvalue weighted by Crippen LogP contribution is -2.29. The molecule has 0 saturated carbocycles. The van der Waals surface area contributed by atoms with Crippen molar-refractivity contribution in [2.75, 3.05) is 0 Å². The summed E-state index contributed by atoms with van der Waals surface area (Å²) in [7, 11) is 2.08. The summed E-state index contributed by atoms with van der Waals surface area (Å²) in [5.41, 5.74) is 9.87. The van der Waals surface area contributed by atoms with E-state index in [0.717, 1.165) is 50.2 Å². The van der Waals surface area contributed by atoms with Crippen molar-refractivity contribution in [1.82, 2.24) is 9.55 Å². The number of aryl methyl sites for hydroxylation is 5. The first-order valence-electron chi connectivity index (χ1n) is 10.8. The number of rotatable bonds is 2. The summed E-state index contributed by atoms with van der Waals surface area (Å²) in [4.78, 5) is 4.51. The standard InChI is InChI=1S/C27H24N3O2/c1-15-7-6-8-16(2)23(15)30-12-11-29(5)27(30)20-14-22-21(13-17(20)3)25-24(31-22)19-10-9-18(4)28-26(19)32-25/h6-14H,1-5H3/q+1. The predicted octanol–water partition coefficient (Wildman–Crippen LogP) is 6.24. The number of aromatic nitrogens is 3. The van der Waals surface area contributed by atoms with Gasteiger partial charge in [-0.15, -0.1) is 0 Å². The van der Waals surface area contributed by atoms with Crippen molar-refractivity contribution >= 4 is 33.2 Å². The summed E-state index contributed by atoms with van der Waals surface area (Å²) in [5, 5.41) is 1.88. The number of furan rings is 2. The van der Waals surface area contributed by atoms with Crippen molar-refractivity contribution in [1.29, 1.82) is 0 Å². The average Bonchev–Trinajstić information content (AvgIpc) is 3.39. The fourth-order valence-corrected chi connectivity index (χ4v) is 4.79. The zero-order valence-electron chi connectivity index (χ0n) is 18.9. The number of pyridine rings is 1. The lowest BCUT2D eigenvalue weighted by molar-refractivity contribution is -0.659. The minimum atomic E-state index is 0.623. The molecule has 0 aliphatic carbocycles.